The minimum Gasteiger partial charge on any atom is -0.377 e. The quantitative estimate of drug-likeness (QED) is 0.744. The Morgan fingerprint density at radius 1 is 1.14 bits per heavy atom. The highest BCUT2D eigenvalue weighted by atomic mass is 16.5. The standard InChI is InChI=1S/C20H31NO/c1-16(2)22-13-12-21-10-8-17(9-11-21)14-19-15-20(19)18-6-4-3-5-7-18/h3-7,16-17,19-20H,8-15H2,1-2H3/t19-,20+/m1/s1. The van der Waals surface area contributed by atoms with Crippen LogP contribution in [0.5, 0.6) is 0 Å². The number of ether oxygens (including phenoxy) is 1. The average Bonchev–Trinajstić information content (AvgIpc) is 3.29. The SMILES string of the molecule is CC(C)OCCN1CCC(C[C@@H]2C[C@H]2c2ccccc2)CC1. The van der Waals surface area contributed by atoms with E-state index in [0.29, 0.717) is 6.10 Å². The summed E-state index contributed by atoms with van der Waals surface area (Å²) in [5, 5.41) is 0. The van der Waals surface area contributed by atoms with E-state index >= 15 is 0 Å². The van der Waals surface area contributed by atoms with E-state index in [4.69, 9.17) is 4.74 Å². The largest absolute Gasteiger partial charge is 0.377 e. The van der Waals surface area contributed by atoms with E-state index in [-0.39, 0.29) is 0 Å². The lowest BCUT2D eigenvalue weighted by Crippen LogP contribution is -2.36. The Balaban J connectivity index is 1.33. The van der Waals surface area contributed by atoms with Crippen LogP contribution in [0.1, 0.15) is 51.0 Å². The Labute approximate surface area is 135 Å². The normalized spacial score (nSPS) is 26.5. The van der Waals surface area contributed by atoms with E-state index in [9.17, 15) is 0 Å². The van der Waals surface area contributed by atoms with Crippen LogP contribution < -0.4 is 0 Å². The second-order valence-electron chi connectivity index (χ2n) is 7.45. The molecule has 0 spiro atoms. The lowest BCUT2D eigenvalue weighted by Gasteiger charge is -2.32. The molecule has 0 N–H and O–H groups in total. The number of hydrogen-bond acceptors (Lipinski definition) is 2. The summed E-state index contributed by atoms with van der Waals surface area (Å²) in [6, 6.07) is 11.1. The third kappa shape index (κ3) is 4.57. The van der Waals surface area contributed by atoms with E-state index in [1.54, 1.807) is 5.56 Å². The molecule has 2 aliphatic rings. The Morgan fingerprint density at radius 3 is 2.55 bits per heavy atom. The lowest BCUT2D eigenvalue weighted by molar-refractivity contribution is 0.0501. The van der Waals surface area contributed by atoms with E-state index < -0.39 is 0 Å². The fourth-order valence-electron chi connectivity index (χ4n) is 3.91. The minimum absolute atomic E-state index is 0.363. The molecule has 0 radical (unpaired) electrons. The zero-order chi connectivity index (χ0) is 15.4. The lowest BCUT2D eigenvalue weighted by atomic mass is 9.90. The second-order valence-corrected chi connectivity index (χ2v) is 7.45. The van der Waals surface area contributed by atoms with Gasteiger partial charge in [-0.3, -0.25) is 0 Å². The first-order valence-electron chi connectivity index (χ1n) is 9.11. The number of likely N-dealkylation sites (tertiary alicyclic amines) is 1. The fraction of sp³-hybridized carbons (Fsp3) is 0.700. The molecule has 0 unspecified atom stereocenters. The highest BCUT2D eigenvalue weighted by molar-refractivity contribution is 5.25. The van der Waals surface area contributed by atoms with Gasteiger partial charge >= 0.3 is 0 Å². The first-order chi connectivity index (χ1) is 10.7. The van der Waals surface area contributed by atoms with Crippen LogP contribution in [0.4, 0.5) is 0 Å². The van der Waals surface area contributed by atoms with Gasteiger partial charge < -0.3 is 9.64 Å². The molecular weight excluding hydrogens is 270 g/mol. The molecule has 122 valence electrons. The predicted octanol–water partition coefficient (Wildman–Crippen LogP) is 4.32. The summed E-state index contributed by atoms with van der Waals surface area (Å²) < 4.78 is 5.67. The molecule has 2 heteroatoms. The number of benzene rings is 1. The molecule has 0 amide bonds. The highest BCUT2D eigenvalue weighted by Gasteiger charge is 2.39. The van der Waals surface area contributed by atoms with Crippen molar-refractivity contribution in [3.8, 4) is 0 Å². The molecule has 2 nitrogen and oxygen atoms in total. The zero-order valence-corrected chi connectivity index (χ0v) is 14.2. The molecule has 3 rings (SSSR count). The van der Waals surface area contributed by atoms with E-state index in [0.717, 1.165) is 30.9 Å². The summed E-state index contributed by atoms with van der Waals surface area (Å²) in [5.74, 6) is 2.78. The van der Waals surface area contributed by atoms with Crippen LogP contribution in [0, 0.1) is 11.8 Å². The molecule has 1 aromatic rings. The number of hydrogen-bond donors (Lipinski definition) is 0. The molecule has 0 bridgehead atoms. The number of piperidine rings is 1. The molecule has 1 aliphatic carbocycles. The summed E-state index contributed by atoms with van der Waals surface area (Å²) in [5.41, 5.74) is 1.57. The molecule has 2 fully saturated rings. The Kier molecular flexibility index (Phi) is 5.54. The van der Waals surface area contributed by atoms with Gasteiger partial charge in [-0.2, -0.15) is 0 Å². The van der Waals surface area contributed by atoms with Gasteiger partial charge in [0.25, 0.3) is 0 Å². The first kappa shape index (κ1) is 16.0. The smallest absolute Gasteiger partial charge is 0.0596 e. The highest BCUT2D eigenvalue weighted by Crippen LogP contribution is 2.51. The minimum atomic E-state index is 0.363. The maximum atomic E-state index is 5.67. The van der Waals surface area contributed by atoms with Gasteiger partial charge in [0.1, 0.15) is 0 Å². The van der Waals surface area contributed by atoms with Crippen LogP contribution in [0.25, 0.3) is 0 Å². The maximum absolute atomic E-state index is 5.67. The molecule has 1 aromatic carbocycles. The monoisotopic (exact) mass is 301 g/mol. The fourth-order valence-corrected chi connectivity index (χ4v) is 3.91. The summed E-state index contributed by atoms with van der Waals surface area (Å²) in [4.78, 5) is 2.58. The van der Waals surface area contributed by atoms with Gasteiger partial charge in [-0.25, -0.2) is 0 Å². The Morgan fingerprint density at radius 2 is 1.86 bits per heavy atom. The van der Waals surface area contributed by atoms with Crippen molar-refractivity contribution in [1.82, 2.24) is 4.90 Å². The topological polar surface area (TPSA) is 12.5 Å². The van der Waals surface area contributed by atoms with Crippen molar-refractivity contribution in [2.75, 3.05) is 26.2 Å². The van der Waals surface area contributed by atoms with Gasteiger partial charge in [0.2, 0.25) is 0 Å². The maximum Gasteiger partial charge on any atom is 0.0596 e. The Hall–Kier alpha value is -0.860. The van der Waals surface area contributed by atoms with E-state index in [2.05, 4.69) is 49.1 Å². The van der Waals surface area contributed by atoms with Crippen LogP contribution in [-0.2, 0) is 4.74 Å². The van der Waals surface area contributed by atoms with E-state index in [1.807, 2.05) is 0 Å². The van der Waals surface area contributed by atoms with Gasteiger partial charge in [-0.15, -0.1) is 0 Å². The van der Waals surface area contributed by atoms with Gasteiger partial charge in [-0.1, -0.05) is 30.3 Å². The van der Waals surface area contributed by atoms with Crippen molar-refractivity contribution >= 4 is 0 Å². The van der Waals surface area contributed by atoms with Crippen LogP contribution in [-0.4, -0.2) is 37.2 Å². The first-order valence-corrected chi connectivity index (χ1v) is 9.11. The van der Waals surface area contributed by atoms with Crippen LogP contribution >= 0.6 is 0 Å². The van der Waals surface area contributed by atoms with Crippen molar-refractivity contribution in [2.24, 2.45) is 11.8 Å². The van der Waals surface area contributed by atoms with Crippen molar-refractivity contribution in [1.29, 1.82) is 0 Å². The molecule has 0 aromatic heterocycles. The van der Waals surface area contributed by atoms with Crippen LogP contribution in [0.3, 0.4) is 0 Å². The second kappa shape index (κ2) is 7.61. The van der Waals surface area contributed by atoms with Crippen LogP contribution in [0.15, 0.2) is 30.3 Å². The van der Waals surface area contributed by atoms with Crippen molar-refractivity contribution in [2.45, 2.75) is 51.6 Å². The van der Waals surface area contributed by atoms with Crippen molar-refractivity contribution in [3.05, 3.63) is 35.9 Å². The molecule has 1 aliphatic heterocycles. The molecule has 2 atom stereocenters. The molecule has 1 saturated carbocycles. The third-order valence-electron chi connectivity index (χ3n) is 5.35. The summed E-state index contributed by atoms with van der Waals surface area (Å²) in [6.07, 6.45) is 6.02. The average molecular weight is 301 g/mol. The van der Waals surface area contributed by atoms with Crippen molar-refractivity contribution < 1.29 is 4.74 Å². The van der Waals surface area contributed by atoms with Crippen LogP contribution in [0.2, 0.25) is 0 Å². The van der Waals surface area contributed by atoms with Gasteiger partial charge in [-0.05, 0) is 75.9 Å². The zero-order valence-electron chi connectivity index (χ0n) is 14.2. The van der Waals surface area contributed by atoms with Crippen molar-refractivity contribution in [3.63, 3.8) is 0 Å². The number of rotatable bonds is 7. The predicted molar refractivity (Wildman–Crippen MR) is 92.2 cm³/mol. The van der Waals surface area contributed by atoms with E-state index in [1.165, 1.54) is 38.8 Å². The summed E-state index contributed by atoms with van der Waals surface area (Å²) >= 11 is 0. The summed E-state index contributed by atoms with van der Waals surface area (Å²) in [7, 11) is 0. The molecular formula is C20H31NO. The summed E-state index contributed by atoms with van der Waals surface area (Å²) in [6.45, 7) is 8.78. The molecule has 22 heavy (non-hydrogen) atoms. The van der Waals surface area contributed by atoms with Gasteiger partial charge in [0.05, 0.1) is 12.7 Å². The molecule has 1 heterocycles. The molecule has 1 saturated heterocycles. The van der Waals surface area contributed by atoms with Gasteiger partial charge in [0, 0.05) is 6.54 Å². The Bertz CT molecular complexity index is 436. The van der Waals surface area contributed by atoms with Gasteiger partial charge in [0.15, 0.2) is 0 Å². The third-order valence-corrected chi connectivity index (χ3v) is 5.35. The number of nitrogens with zero attached hydrogens (tertiary/aromatic N) is 1.